The van der Waals surface area contributed by atoms with E-state index in [1.807, 2.05) is 12.1 Å². The maximum atomic E-state index is 5.50. The van der Waals surface area contributed by atoms with Crippen LogP contribution in [0.2, 0.25) is 0 Å². The smallest absolute Gasteiger partial charge is 0.196 e. The molecule has 0 aliphatic carbocycles. The zero-order valence-electron chi connectivity index (χ0n) is 15.0. The number of aromatic nitrogens is 3. The van der Waals surface area contributed by atoms with Crippen LogP contribution in [0.15, 0.2) is 48.5 Å². The molecule has 25 heavy (non-hydrogen) atoms. The molecule has 0 saturated carbocycles. The molecule has 0 radical (unpaired) electrons. The molecule has 1 aromatic heterocycles. The maximum absolute atomic E-state index is 5.50. The molecule has 0 bridgehead atoms. The third kappa shape index (κ3) is 3.51. The standard InChI is InChI=1S/C20H23N3OS/c1-13(2)16-6-5-7-17(12-16)19-21-22-20(25)23(19)14(3)15-8-10-18(24-4)11-9-15/h5-14H,1-4H3,(H,22,25)/t14-/m0/s1. The number of methoxy groups -OCH3 is 1. The van der Waals surface area contributed by atoms with E-state index >= 15 is 0 Å². The SMILES string of the molecule is COc1ccc([C@H](C)n2c(-c3cccc(C(C)C)c3)n[nH]c2=S)cc1. The minimum Gasteiger partial charge on any atom is -0.497 e. The van der Waals surface area contributed by atoms with Crippen LogP contribution in [0.25, 0.3) is 11.4 Å². The lowest BCUT2D eigenvalue weighted by Gasteiger charge is -2.17. The van der Waals surface area contributed by atoms with E-state index in [4.69, 9.17) is 17.0 Å². The summed E-state index contributed by atoms with van der Waals surface area (Å²) in [6.45, 7) is 6.51. The van der Waals surface area contributed by atoms with Crippen LogP contribution in [0.4, 0.5) is 0 Å². The van der Waals surface area contributed by atoms with Gasteiger partial charge in [-0.15, -0.1) is 0 Å². The number of benzene rings is 2. The predicted molar refractivity (Wildman–Crippen MR) is 104 cm³/mol. The second-order valence-electron chi connectivity index (χ2n) is 6.45. The lowest BCUT2D eigenvalue weighted by atomic mass is 10.0. The Morgan fingerprint density at radius 3 is 2.40 bits per heavy atom. The average Bonchev–Trinajstić information content (AvgIpc) is 3.02. The lowest BCUT2D eigenvalue weighted by molar-refractivity contribution is 0.414. The fraction of sp³-hybridized carbons (Fsp3) is 0.300. The second kappa shape index (κ2) is 7.23. The Hall–Kier alpha value is -2.40. The summed E-state index contributed by atoms with van der Waals surface area (Å²) in [4.78, 5) is 0. The number of aromatic amines is 1. The van der Waals surface area contributed by atoms with Gasteiger partial charge in [-0.25, -0.2) is 0 Å². The van der Waals surface area contributed by atoms with Crippen molar-refractivity contribution in [2.24, 2.45) is 0 Å². The first-order chi connectivity index (χ1) is 12.0. The molecule has 0 aliphatic rings. The third-order valence-electron chi connectivity index (χ3n) is 4.50. The first kappa shape index (κ1) is 17.4. The van der Waals surface area contributed by atoms with Crippen LogP contribution in [0.1, 0.15) is 43.9 Å². The van der Waals surface area contributed by atoms with Crippen LogP contribution in [-0.2, 0) is 0 Å². The topological polar surface area (TPSA) is 42.8 Å². The molecular weight excluding hydrogens is 330 g/mol. The Labute approximate surface area is 153 Å². The Balaban J connectivity index is 2.04. The van der Waals surface area contributed by atoms with E-state index in [0.717, 1.165) is 22.7 Å². The molecule has 1 N–H and O–H groups in total. The van der Waals surface area contributed by atoms with Crippen molar-refractivity contribution >= 4 is 12.2 Å². The number of nitrogens with one attached hydrogen (secondary N) is 1. The molecular formula is C20H23N3OS. The zero-order chi connectivity index (χ0) is 18.0. The van der Waals surface area contributed by atoms with Crippen molar-refractivity contribution in [2.45, 2.75) is 32.7 Å². The molecule has 0 saturated heterocycles. The number of H-pyrrole nitrogens is 1. The van der Waals surface area contributed by atoms with Crippen molar-refractivity contribution < 1.29 is 4.74 Å². The largest absolute Gasteiger partial charge is 0.497 e. The van der Waals surface area contributed by atoms with Crippen LogP contribution in [-0.4, -0.2) is 21.9 Å². The van der Waals surface area contributed by atoms with E-state index in [2.05, 4.69) is 71.9 Å². The quantitative estimate of drug-likeness (QED) is 0.629. The van der Waals surface area contributed by atoms with Gasteiger partial charge in [0.05, 0.1) is 13.2 Å². The van der Waals surface area contributed by atoms with Crippen LogP contribution >= 0.6 is 12.2 Å². The van der Waals surface area contributed by atoms with Crippen molar-refractivity contribution in [2.75, 3.05) is 7.11 Å². The highest BCUT2D eigenvalue weighted by Crippen LogP contribution is 2.28. The summed E-state index contributed by atoms with van der Waals surface area (Å²) in [6.07, 6.45) is 0. The van der Waals surface area contributed by atoms with Crippen molar-refractivity contribution in [1.82, 2.24) is 14.8 Å². The molecule has 2 aromatic carbocycles. The van der Waals surface area contributed by atoms with Crippen molar-refractivity contribution in [3.8, 4) is 17.1 Å². The minimum atomic E-state index is 0.0647. The molecule has 5 heteroatoms. The molecule has 0 fully saturated rings. The summed E-state index contributed by atoms with van der Waals surface area (Å²) in [5, 5.41) is 7.44. The predicted octanol–water partition coefficient (Wildman–Crippen LogP) is 5.35. The molecule has 3 rings (SSSR count). The van der Waals surface area contributed by atoms with Crippen LogP contribution in [0.5, 0.6) is 5.75 Å². The van der Waals surface area contributed by atoms with Gasteiger partial charge in [-0.05, 0) is 54.4 Å². The fourth-order valence-electron chi connectivity index (χ4n) is 2.94. The van der Waals surface area contributed by atoms with Crippen LogP contribution < -0.4 is 4.74 Å². The van der Waals surface area contributed by atoms with Gasteiger partial charge in [0.1, 0.15) is 5.75 Å². The fourth-order valence-corrected chi connectivity index (χ4v) is 3.23. The maximum Gasteiger partial charge on any atom is 0.196 e. The normalized spacial score (nSPS) is 12.4. The van der Waals surface area contributed by atoms with Crippen molar-refractivity contribution in [1.29, 1.82) is 0 Å². The van der Waals surface area contributed by atoms with Gasteiger partial charge in [0.25, 0.3) is 0 Å². The Morgan fingerprint density at radius 1 is 1.04 bits per heavy atom. The molecule has 3 aromatic rings. The Morgan fingerprint density at radius 2 is 1.76 bits per heavy atom. The van der Waals surface area contributed by atoms with Gasteiger partial charge in [-0.2, -0.15) is 5.10 Å². The van der Waals surface area contributed by atoms with Crippen molar-refractivity contribution in [3.63, 3.8) is 0 Å². The van der Waals surface area contributed by atoms with Gasteiger partial charge < -0.3 is 4.74 Å². The molecule has 4 nitrogen and oxygen atoms in total. The summed E-state index contributed by atoms with van der Waals surface area (Å²) in [6, 6.07) is 16.6. The average molecular weight is 353 g/mol. The van der Waals surface area contributed by atoms with E-state index in [1.165, 1.54) is 5.56 Å². The highest BCUT2D eigenvalue weighted by molar-refractivity contribution is 7.71. The summed E-state index contributed by atoms with van der Waals surface area (Å²) in [5.41, 5.74) is 3.51. The summed E-state index contributed by atoms with van der Waals surface area (Å²) >= 11 is 5.50. The number of hydrogen-bond donors (Lipinski definition) is 1. The Bertz CT molecular complexity index is 909. The lowest BCUT2D eigenvalue weighted by Crippen LogP contribution is -2.09. The molecule has 130 valence electrons. The summed E-state index contributed by atoms with van der Waals surface area (Å²) in [7, 11) is 1.67. The third-order valence-corrected chi connectivity index (χ3v) is 4.79. The van der Waals surface area contributed by atoms with Gasteiger partial charge in [-0.1, -0.05) is 44.2 Å². The summed E-state index contributed by atoms with van der Waals surface area (Å²) < 4.78 is 7.93. The molecule has 0 spiro atoms. The molecule has 0 aliphatic heterocycles. The van der Waals surface area contributed by atoms with E-state index in [1.54, 1.807) is 7.11 Å². The van der Waals surface area contributed by atoms with Crippen molar-refractivity contribution in [3.05, 3.63) is 64.4 Å². The van der Waals surface area contributed by atoms with Gasteiger partial charge in [0.15, 0.2) is 10.6 Å². The van der Waals surface area contributed by atoms with E-state index in [9.17, 15) is 0 Å². The first-order valence-corrected chi connectivity index (χ1v) is 8.83. The molecule has 0 unspecified atom stereocenters. The highest BCUT2D eigenvalue weighted by Gasteiger charge is 2.17. The molecule has 1 heterocycles. The second-order valence-corrected chi connectivity index (χ2v) is 6.84. The first-order valence-electron chi connectivity index (χ1n) is 8.42. The Kier molecular flexibility index (Phi) is 5.04. The van der Waals surface area contributed by atoms with E-state index < -0.39 is 0 Å². The monoisotopic (exact) mass is 353 g/mol. The van der Waals surface area contributed by atoms with Crippen LogP contribution in [0, 0.1) is 4.77 Å². The highest BCUT2D eigenvalue weighted by atomic mass is 32.1. The summed E-state index contributed by atoms with van der Waals surface area (Å²) in [5.74, 6) is 2.17. The van der Waals surface area contributed by atoms with Gasteiger partial charge in [-0.3, -0.25) is 9.67 Å². The van der Waals surface area contributed by atoms with Gasteiger partial charge >= 0.3 is 0 Å². The zero-order valence-corrected chi connectivity index (χ0v) is 15.8. The number of nitrogens with zero attached hydrogens (tertiary/aromatic N) is 2. The molecule has 0 amide bonds. The minimum absolute atomic E-state index is 0.0647. The van der Waals surface area contributed by atoms with Crippen LogP contribution in [0.3, 0.4) is 0 Å². The number of rotatable bonds is 5. The number of ether oxygens (including phenoxy) is 1. The molecule has 1 atom stereocenters. The van der Waals surface area contributed by atoms with E-state index in [-0.39, 0.29) is 6.04 Å². The van der Waals surface area contributed by atoms with Gasteiger partial charge in [0, 0.05) is 5.56 Å². The van der Waals surface area contributed by atoms with Gasteiger partial charge in [0.2, 0.25) is 0 Å². The van der Waals surface area contributed by atoms with E-state index in [0.29, 0.717) is 10.7 Å². The number of hydrogen-bond acceptors (Lipinski definition) is 3.